The molecule has 3 aromatic rings. The molecule has 1 unspecified atom stereocenters. The molecule has 32 heavy (non-hydrogen) atoms. The molecule has 0 fully saturated rings. The number of aromatic nitrogens is 2. The summed E-state index contributed by atoms with van der Waals surface area (Å²) in [7, 11) is 3.00. The van der Waals surface area contributed by atoms with E-state index in [0.717, 1.165) is 59.6 Å². The summed E-state index contributed by atoms with van der Waals surface area (Å²) in [5.41, 5.74) is 5.26. The average Bonchev–Trinajstić information content (AvgIpc) is 3.45. The molecule has 0 saturated carbocycles. The molecule has 0 N–H and O–H groups in total. The zero-order valence-electron chi connectivity index (χ0n) is 18.2. The Morgan fingerprint density at radius 3 is 2.56 bits per heavy atom. The fraction of sp³-hybridized carbons (Fsp3) is 0.320. The third-order valence-electron chi connectivity index (χ3n) is 6.47. The number of benzene rings is 2. The number of ether oxygens (including phenoxy) is 2. The van der Waals surface area contributed by atoms with Gasteiger partial charge in [0, 0.05) is 12.5 Å². The summed E-state index contributed by atoms with van der Waals surface area (Å²) in [6.45, 7) is 0.484. The molecule has 0 spiro atoms. The third-order valence-corrected chi connectivity index (χ3v) is 6.47. The number of imidazole rings is 1. The number of anilines is 1. The van der Waals surface area contributed by atoms with Crippen LogP contribution < -0.4 is 9.64 Å². The van der Waals surface area contributed by atoms with Crippen molar-refractivity contribution in [2.45, 2.75) is 31.6 Å². The number of amides is 1. The number of rotatable bonds is 3. The van der Waals surface area contributed by atoms with E-state index in [4.69, 9.17) is 9.47 Å². The van der Waals surface area contributed by atoms with Crippen molar-refractivity contribution in [3.05, 3.63) is 76.9 Å². The number of nitrogens with zero attached hydrogens (tertiary/aromatic N) is 3. The second-order valence-electron chi connectivity index (χ2n) is 8.20. The van der Waals surface area contributed by atoms with Crippen LogP contribution in [0.4, 0.5) is 10.5 Å². The Hall–Kier alpha value is -3.61. The van der Waals surface area contributed by atoms with Crippen LogP contribution in [0, 0.1) is 0 Å². The van der Waals surface area contributed by atoms with E-state index in [0.29, 0.717) is 12.1 Å². The number of carbonyl (C=O) groups is 2. The van der Waals surface area contributed by atoms with Crippen LogP contribution in [0.2, 0.25) is 0 Å². The van der Waals surface area contributed by atoms with Gasteiger partial charge in [-0.2, -0.15) is 0 Å². The maximum Gasteiger partial charge on any atom is 0.337 e. The largest absolute Gasteiger partial charge is 0.497 e. The highest BCUT2D eigenvalue weighted by molar-refractivity contribution is 5.99. The Morgan fingerprint density at radius 2 is 1.81 bits per heavy atom. The Morgan fingerprint density at radius 1 is 1.03 bits per heavy atom. The first kappa shape index (κ1) is 20.3. The first-order valence-electron chi connectivity index (χ1n) is 10.8. The molecule has 2 aromatic carbocycles. The number of hydrogen-bond acceptors (Lipinski definition) is 5. The minimum absolute atomic E-state index is 0.00843. The van der Waals surface area contributed by atoms with Gasteiger partial charge in [0.25, 0.3) is 0 Å². The van der Waals surface area contributed by atoms with Crippen LogP contribution in [-0.4, -0.2) is 42.3 Å². The predicted octanol–water partition coefficient (Wildman–Crippen LogP) is 4.18. The van der Waals surface area contributed by atoms with Crippen molar-refractivity contribution in [1.29, 1.82) is 0 Å². The smallest absolute Gasteiger partial charge is 0.337 e. The Balaban J connectivity index is 1.56. The van der Waals surface area contributed by atoms with Crippen LogP contribution in [0.1, 0.15) is 51.6 Å². The van der Waals surface area contributed by atoms with Gasteiger partial charge >= 0.3 is 12.0 Å². The molecule has 1 amide bonds. The summed E-state index contributed by atoms with van der Waals surface area (Å²) in [5, 5.41) is 0. The standard InChI is InChI=1S/C25H25N3O4/c1-31-18-10-7-16(8-11-18)20-14-27(23-13-17(24(29)32-2)9-12-19(20)23)25(30)28-15-26-21-5-3-4-6-22(21)28/h7-13,15,20H,3-6,14H2,1-2H3. The van der Waals surface area contributed by atoms with Gasteiger partial charge in [-0.25, -0.2) is 14.6 Å². The molecule has 164 valence electrons. The van der Waals surface area contributed by atoms with Crippen LogP contribution >= 0.6 is 0 Å². The van der Waals surface area contributed by atoms with E-state index in [-0.39, 0.29) is 11.9 Å². The maximum absolute atomic E-state index is 13.7. The van der Waals surface area contributed by atoms with Crippen molar-refractivity contribution in [3.63, 3.8) is 0 Å². The summed E-state index contributed by atoms with van der Waals surface area (Å²) in [6.07, 6.45) is 5.57. The zero-order chi connectivity index (χ0) is 22.2. The van der Waals surface area contributed by atoms with Crippen molar-refractivity contribution in [3.8, 4) is 5.75 Å². The summed E-state index contributed by atoms with van der Waals surface area (Å²) in [4.78, 5) is 32.1. The minimum Gasteiger partial charge on any atom is -0.497 e. The normalized spacial score (nSPS) is 16.9. The molecule has 0 radical (unpaired) electrons. The summed E-state index contributed by atoms with van der Waals surface area (Å²) in [5.74, 6) is 0.352. The van der Waals surface area contributed by atoms with Gasteiger partial charge in [-0.15, -0.1) is 0 Å². The van der Waals surface area contributed by atoms with Crippen LogP contribution in [0.25, 0.3) is 0 Å². The Kier molecular flexibility index (Phi) is 5.17. The molecule has 1 aliphatic heterocycles. The van der Waals surface area contributed by atoms with E-state index >= 15 is 0 Å². The van der Waals surface area contributed by atoms with E-state index in [1.54, 1.807) is 35.0 Å². The van der Waals surface area contributed by atoms with E-state index in [1.807, 2.05) is 30.3 Å². The van der Waals surface area contributed by atoms with Gasteiger partial charge in [0.15, 0.2) is 0 Å². The number of aryl methyl sites for hydroxylation is 1. The van der Waals surface area contributed by atoms with Crippen LogP contribution in [0.5, 0.6) is 5.75 Å². The molecule has 0 saturated heterocycles. The van der Waals surface area contributed by atoms with Gasteiger partial charge in [-0.05, 0) is 61.1 Å². The lowest BCUT2D eigenvalue weighted by molar-refractivity contribution is 0.0600. The molecule has 7 heteroatoms. The highest BCUT2D eigenvalue weighted by Crippen LogP contribution is 2.41. The van der Waals surface area contributed by atoms with Crippen LogP contribution in [-0.2, 0) is 17.6 Å². The molecule has 0 bridgehead atoms. The molecule has 1 aliphatic carbocycles. The lowest BCUT2D eigenvalue weighted by Gasteiger charge is -2.21. The molecule has 2 heterocycles. The lowest BCUT2D eigenvalue weighted by Crippen LogP contribution is -2.35. The van der Waals surface area contributed by atoms with E-state index < -0.39 is 5.97 Å². The monoisotopic (exact) mass is 431 g/mol. The van der Waals surface area contributed by atoms with Crippen molar-refractivity contribution >= 4 is 17.7 Å². The summed E-state index contributed by atoms with van der Waals surface area (Å²) >= 11 is 0. The number of esters is 1. The highest BCUT2D eigenvalue weighted by atomic mass is 16.5. The second-order valence-corrected chi connectivity index (χ2v) is 8.20. The van der Waals surface area contributed by atoms with E-state index in [9.17, 15) is 9.59 Å². The SMILES string of the molecule is COC(=O)c1ccc2c(c1)N(C(=O)n1cnc3c1CCCC3)CC2c1ccc(OC)cc1. The Bertz CT molecular complexity index is 1180. The van der Waals surface area contributed by atoms with Gasteiger partial charge in [-0.3, -0.25) is 9.47 Å². The first-order chi connectivity index (χ1) is 15.6. The third kappa shape index (κ3) is 3.34. The summed E-state index contributed by atoms with van der Waals surface area (Å²) < 4.78 is 11.9. The van der Waals surface area contributed by atoms with Gasteiger partial charge in [-0.1, -0.05) is 18.2 Å². The van der Waals surface area contributed by atoms with Crippen molar-refractivity contribution < 1.29 is 19.1 Å². The number of hydrogen-bond donors (Lipinski definition) is 0. The molecule has 2 aliphatic rings. The van der Waals surface area contributed by atoms with E-state index in [2.05, 4.69) is 4.98 Å². The molecule has 7 nitrogen and oxygen atoms in total. The van der Waals surface area contributed by atoms with Crippen molar-refractivity contribution in [2.24, 2.45) is 0 Å². The quantitative estimate of drug-likeness (QED) is 0.582. The number of fused-ring (bicyclic) bond motifs is 2. The zero-order valence-corrected chi connectivity index (χ0v) is 18.2. The van der Waals surface area contributed by atoms with Crippen LogP contribution in [0.3, 0.4) is 0 Å². The average molecular weight is 431 g/mol. The van der Waals surface area contributed by atoms with Gasteiger partial charge < -0.3 is 9.47 Å². The predicted molar refractivity (Wildman–Crippen MR) is 120 cm³/mol. The van der Waals surface area contributed by atoms with Gasteiger partial charge in [0.1, 0.15) is 12.1 Å². The topological polar surface area (TPSA) is 73.7 Å². The van der Waals surface area contributed by atoms with Crippen LogP contribution in [0.15, 0.2) is 48.8 Å². The Labute approximate surface area is 186 Å². The molecule has 1 aromatic heterocycles. The number of carbonyl (C=O) groups excluding carboxylic acids is 2. The fourth-order valence-electron chi connectivity index (χ4n) is 4.76. The first-order valence-corrected chi connectivity index (χ1v) is 10.8. The minimum atomic E-state index is -0.423. The highest BCUT2D eigenvalue weighted by Gasteiger charge is 2.36. The summed E-state index contributed by atoms with van der Waals surface area (Å²) in [6, 6.07) is 13.2. The fourth-order valence-corrected chi connectivity index (χ4v) is 4.76. The number of methoxy groups -OCH3 is 2. The van der Waals surface area contributed by atoms with E-state index in [1.165, 1.54) is 7.11 Å². The van der Waals surface area contributed by atoms with Crippen molar-refractivity contribution in [2.75, 3.05) is 25.7 Å². The van der Waals surface area contributed by atoms with Gasteiger partial charge in [0.2, 0.25) is 0 Å². The molecular formula is C25H25N3O4. The lowest BCUT2D eigenvalue weighted by atomic mass is 9.92. The molecular weight excluding hydrogens is 406 g/mol. The van der Waals surface area contributed by atoms with Crippen molar-refractivity contribution in [1.82, 2.24) is 9.55 Å². The maximum atomic E-state index is 13.7. The van der Waals surface area contributed by atoms with Gasteiger partial charge in [0.05, 0.1) is 36.9 Å². The second kappa shape index (κ2) is 8.15. The molecule has 1 atom stereocenters. The molecule has 5 rings (SSSR count).